The minimum absolute atomic E-state index is 0.152. The quantitative estimate of drug-likeness (QED) is 0.575. The summed E-state index contributed by atoms with van der Waals surface area (Å²) in [5.41, 5.74) is 2.35. The Bertz CT molecular complexity index is 1190. The topological polar surface area (TPSA) is 94.8 Å². The Morgan fingerprint density at radius 1 is 1.15 bits per heavy atom. The summed E-state index contributed by atoms with van der Waals surface area (Å²) < 4.78 is 4.96. The number of carbonyl (C=O) groups excluding carboxylic acids is 2. The van der Waals surface area contributed by atoms with Crippen LogP contribution in [-0.2, 0) is 17.8 Å². The molecule has 3 aromatic rings. The highest BCUT2D eigenvalue weighted by atomic mass is 35.5. The van der Waals surface area contributed by atoms with E-state index in [0.29, 0.717) is 37.1 Å². The zero-order valence-corrected chi connectivity index (χ0v) is 20.4. The lowest BCUT2D eigenvalue weighted by Crippen LogP contribution is -2.51. The Balaban J connectivity index is 1.13. The molecule has 2 amide bonds. The number of rotatable bonds is 5. The molecule has 178 valence electrons. The molecule has 5 rings (SSSR count). The first-order chi connectivity index (χ1) is 16.4. The van der Waals surface area contributed by atoms with Crippen molar-refractivity contribution in [3.63, 3.8) is 0 Å². The van der Waals surface area contributed by atoms with Crippen LogP contribution in [-0.4, -0.2) is 71.0 Å². The summed E-state index contributed by atoms with van der Waals surface area (Å²) in [5, 5.41) is 7.80. The Morgan fingerprint density at radius 3 is 2.62 bits per heavy atom. The molecule has 1 fully saturated rings. The smallest absolute Gasteiger partial charge is 0.279 e. The molecular formula is C23H25ClN6O3S. The molecule has 34 heavy (non-hydrogen) atoms. The molecule has 4 heterocycles. The van der Waals surface area contributed by atoms with Gasteiger partial charge in [0.1, 0.15) is 5.76 Å². The van der Waals surface area contributed by atoms with E-state index >= 15 is 0 Å². The molecule has 0 saturated carbocycles. The van der Waals surface area contributed by atoms with Crippen molar-refractivity contribution in [2.75, 3.05) is 49.5 Å². The van der Waals surface area contributed by atoms with Crippen LogP contribution in [0.15, 0.2) is 34.9 Å². The van der Waals surface area contributed by atoms with Crippen molar-refractivity contribution >= 4 is 45.6 Å². The minimum atomic E-state index is -0.340. The number of nitrogens with one attached hydrogen (secondary N) is 1. The van der Waals surface area contributed by atoms with Gasteiger partial charge in [0, 0.05) is 67.3 Å². The van der Waals surface area contributed by atoms with E-state index in [1.807, 2.05) is 29.2 Å². The van der Waals surface area contributed by atoms with Gasteiger partial charge in [-0.25, -0.2) is 4.98 Å². The molecular weight excluding hydrogens is 476 g/mol. The van der Waals surface area contributed by atoms with E-state index in [1.54, 1.807) is 13.0 Å². The predicted molar refractivity (Wildman–Crippen MR) is 131 cm³/mol. The molecule has 0 atom stereocenters. The number of aryl methyl sites for hydroxylation is 1. The molecule has 0 bridgehead atoms. The fraction of sp³-hybridized carbons (Fsp3) is 0.391. The monoisotopic (exact) mass is 500 g/mol. The Morgan fingerprint density at radius 2 is 1.91 bits per heavy atom. The van der Waals surface area contributed by atoms with Crippen LogP contribution in [0.4, 0.5) is 10.8 Å². The standard InChI is InChI=1S/C23H25ClN6O3S/c1-15-12-19(27-33-15)22(32)26-23-25-18-6-7-28(13-20(18)34-23)14-21(31)30-10-8-29(9-11-30)17-4-2-16(24)3-5-17/h2-5,12H,6-11,13-14H2,1H3,(H,25,26,32). The number of carbonyl (C=O) groups is 2. The second-order valence-electron chi connectivity index (χ2n) is 8.47. The summed E-state index contributed by atoms with van der Waals surface area (Å²) >= 11 is 7.43. The van der Waals surface area contributed by atoms with Gasteiger partial charge in [0.2, 0.25) is 5.91 Å². The van der Waals surface area contributed by atoms with Crippen LogP contribution in [0.5, 0.6) is 0 Å². The highest BCUT2D eigenvalue weighted by Gasteiger charge is 2.27. The van der Waals surface area contributed by atoms with Crippen molar-refractivity contribution in [2.24, 2.45) is 0 Å². The van der Waals surface area contributed by atoms with Gasteiger partial charge in [-0.1, -0.05) is 16.8 Å². The fourth-order valence-corrected chi connectivity index (χ4v) is 5.40. The van der Waals surface area contributed by atoms with Crippen molar-refractivity contribution in [3.8, 4) is 0 Å². The maximum Gasteiger partial charge on any atom is 0.279 e. The summed E-state index contributed by atoms with van der Waals surface area (Å²) in [5.74, 6) is 0.390. The first kappa shape index (κ1) is 22.8. The van der Waals surface area contributed by atoms with Crippen LogP contribution in [0.1, 0.15) is 26.8 Å². The van der Waals surface area contributed by atoms with E-state index in [2.05, 4.69) is 25.3 Å². The number of halogens is 1. The Labute approximate surface area is 206 Å². The molecule has 2 aliphatic rings. The van der Waals surface area contributed by atoms with Gasteiger partial charge in [0.15, 0.2) is 10.8 Å². The molecule has 11 heteroatoms. The second-order valence-corrected chi connectivity index (χ2v) is 9.99. The molecule has 2 aromatic heterocycles. The average molecular weight is 501 g/mol. The maximum atomic E-state index is 12.9. The third kappa shape index (κ3) is 5.08. The van der Waals surface area contributed by atoms with Gasteiger partial charge < -0.3 is 14.3 Å². The number of fused-ring (bicyclic) bond motifs is 1. The van der Waals surface area contributed by atoms with Gasteiger partial charge in [0.05, 0.1) is 12.2 Å². The van der Waals surface area contributed by atoms with Gasteiger partial charge in [0.25, 0.3) is 5.91 Å². The zero-order valence-electron chi connectivity index (χ0n) is 18.8. The van der Waals surface area contributed by atoms with Crippen LogP contribution in [0.3, 0.4) is 0 Å². The van der Waals surface area contributed by atoms with Crippen molar-refractivity contribution in [1.29, 1.82) is 0 Å². The van der Waals surface area contributed by atoms with E-state index in [4.69, 9.17) is 16.1 Å². The molecule has 2 aliphatic heterocycles. The number of anilines is 2. The summed E-state index contributed by atoms with van der Waals surface area (Å²) in [7, 11) is 0. The number of nitrogens with zero attached hydrogens (tertiary/aromatic N) is 5. The van der Waals surface area contributed by atoms with Crippen molar-refractivity contribution in [2.45, 2.75) is 19.9 Å². The predicted octanol–water partition coefficient (Wildman–Crippen LogP) is 3.05. The number of piperazine rings is 1. The largest absolute Gasteiger partial charge is 0.368 e. The van der Waals surface area contributed by atoms with E-state index in [9.17, 15) is 9.59 Å². The first-order valence-corrected chi connectivity index (χ1v) is 12.4. The van der Waals surface area contributed by atoms with Crippen molar-refractivity contribution in [1.82, 2.24) is 19.9 Å². The van der Waals surface area contributed by atoms with Crippen LogP contribution < -0.4 is 10.2 Å². The molecule has 9 nitrogen and oxygen atoms in total. The Kier molecular flexibility index (Phi) is 6.53. The molecule has 1 N–H and O–H groups in total. The second kappa shape index (κ2) is 9.73. The van der Waals surface area contributed by atoms with Gasteiger partial charge in [-0.2, -0.15) is 0 Å². The minimum Gasteiger partial charge on any atom is -0.368 e. The third-order valence-corrected chi connectivity index (χ3v) is 7.32. The molecule has 0 radical (unpaired) electrons. The van der Waals surface area contributed by atoms with Gasteiger partial charge in [-0.05, 0) is 31.2 Å². The van der Waals surface area contributed by atoms with Crippen LogP contribution in [0.25, 0.3) is 0 Å². The van der Waals surface area contributed by atoms with Crippen molar-refractivity contribution in [3.05, 3.63) is 57.4 Å². The maximum absolute atomic E-state index is 12.9. The number of thiazole rings is 1. The number of benzene rings is 1. The van der Waals surface area contributed by atoms with E-state index in [1.165, 1.54) is 11.3 Å². The summed E-state index contributed by atoms with van der Waals surface area (Å²) in [6.07, 6.45) is 0.752. The number of hydrogen-bond donors (Lipinski definition) is 1. The summed E-state index contributed by atoms with van der Waals surface area (Å²) in [6.45, 7) is 6.57. The molecule has 0 spiro atoms. The van der Waals surface area contributed by atoms with Gasteiger partial charge in [-0.3, -0.25) is 19.8 Å². The number of aromatic nitrogens is 2. The van der Waals surface area contributed by atoms with E-state index < -0.39 is 0 Å². The number of hydrogen-bond acceptors (Lipinski definition) is 8. The normalized spacial score (nSPS) is 16.4. The lowest BCUT2D eigenvalue weighted by Gasteiger charge is -2.37. The lowest BCUT2D eigenvalue weighted by atomic mass is 10.2. The summed E-state index contributed by atoms with van der Waals surface area (Å²) in [6, 6.07) is 9.41. The third-order valence-electron chi connectivity index (χ3n) is 6.07. The van der Waals surface area contributed by atoms with Crippen molar-refractivity contribution < 1.29 is 14.1 Å². The van der Waals surface area contributed by atoms with E-state index in [-0.39, 0.29) is 17.5 Å². The molecule has 1 saturated heterocycles. The van der Waals surface area contributed by atoms with Crippen LogP contribution in [0.2, 0.25) is 5.02 Å². The summed E-state index contributed by atoms with van der Waals surface area (Å²) in [4.78, 5) is 37.3. The Hall–Kier alpha value is -2.95. The molecule has 0 unspecified atom stereocenters. The SMILES string of the molecule is Cc1cc(C(=O)Nc2nc3c(s2)CN(CC(=O)N2CCN(c4ccc(Cl)cc4)CC2)CC3)no1. The molecule has 1 aromatic carbocycles. The average Bonchev–Trinajstić information content (AvgIpc) is 3.45. The fourth-order valence-electron chi connectivity index (χ4n) is 4.23. The van der Waals surface area contributed by atoms with Crippen LogP contribution >= 0.6 is 22.9 Å². The first-order valence-electron chi connectivity index (χ1n) is 11.2. The van der Waals surface area contributed by atoms with Crippen LogP contribution in [0, 0.1) is 6.92 Å². The zero-order chi connectivity index (χ0) is 23.7. The molecule has 0 aliphatic carbocycles. The highest BCUT2D eigenvalue weighted by molar-refractivity contribution is 7.15. The highest BCUT2D eigenvalue weighted by Crippen LogP contribution is 2.29. The van der Waals surface area contributed by atoms with Gasteiger partial charge >= 0.3 is 0 Å². The lowest BCUT2D eigenvalue weighted by molar-refractivity contribution is -0.132. The van der Waals surface area contributed by atoms with E-state index in [0.717, 1.165) is 47.3 Å². The number of amides is 2. The van der Waals surface area contributed by atoms with Gasteiger partial charge in [-0.15, -0.1) is 11.3 Å².